The predicted octanol–water partition coefficient (Wildman–Crippen LogP) is 4.66. The van der Waals surface area contributed by atoms with Crippen molar-refractivity contribution in [3.05, 3.63) is 52.7 Å². The van der Waals surface area contributed by atoms with E-state index in [2.05, 4.69) is 44.0 Å². The molecule has 0 aliphatic carbocycles. The number of aryl methyl sites for hydroxylation is 2. The van der Waals surface area contributed by atoms with Gasteiger partial charge in [0.15, 0.2) is 0 Å². The first kappa shape index (κ1) is 15.1. The van der Waals surface area contributed by atoms with E-state index in [0.29, 0.717) is 11.4 Å². The Kier molecular flexibility index (Phi) is 3.99. The number of aromatic nitrogens is 1. The quantitative estimate of drug-likeness (QED) is 0.803. The molecule has 108 valence electrons. The van der Waals surface area contributed by atoms with E-state index < -0.39 is 0 Å². The lowest BCUT2D eigenvalue weighted by atomic mass is 9.86. The molecule has 0 fully saturated rings. The average Bonchev–Trinajstić information content (AvgIpc) is 2.40. The van der Waals surface area contributed by atoms with E-state index in [0.717, 1.165) is 17.0 Å². The van der Waals surface area contributed by atoms with Crippen LogP contribution in [0.1, 0.15) is 43.2 Å². The Hall–Kier alpha value is -2.34. The molecule has 1 aromatic carbocycles. The molecular weight excluding hydrogens is 260 g/mol. The lowest BCUT2D eigenvalue weighted by molar-refractivity contribution is 0.455. The van der Waals surface area contributed by atoms with E-state index in [1.165, 1.54) is 5.56 Å². The topological polar surface area (TPSA) is 45.9 Å². The van der Waals surface area contributed by atoms with E-state index in [1.54, 1.807) is 12.1 Å². The molecule has 3 heteroatoms. The second kappa shape index (κ2) is 5.57. The second-order valence-corrected chi connectivity index (χ2v) is 6.25. The monoisotopic (exact) mass is 280 g/mol. The molecule has 0 spiro atoms. The maximum atomic E-state index is 9.14. The van der Waals surface area contributed by atoms with Crippen LogP contribution in [0.2, 0.25) is 0 Å². The Bertz CT molecular complexity index is 706. The SMILES string of the molecule is Cc1ccc(C#N)c(Oc2ccc(C(C)(C)C)cc2C)n1. The van der Waals surface area contributed by atoms with Crippen LogP contribution in [-0.4, -0.2) is 4.98 Å². The van der Waals surface area contributed by atoms with Gasteiger partial charge in [-0.3, -0.25) is 0 Å². The summed E-state index contributed by atoms with van der Waals surface area (Å²) in [5, 5.41) is 9.14. The van der Waals surface area contributed by atoms with E-state index in [1.807, 2.05) is 19.9 Å². The Balaban J connectivity index is 2.37. The summed E-state index contributed by atoms with van der Waals surface area (Å²) in [5.74, 6) is 1.10. The smallest absolute Gasteiger partial charge is 0.237 e. The molecule has 1 aromatic heterocycles. The molecule has 21 heavy (non-hydrogen) atoms. The van der Waals surface area contributed by atoms with Crippen molar-refractivity contribution in [3.8, 4) is 17.7 Å². The average molecular weight is 280 g/mol. The number of hydrogen-bond acceptors (Lipinski definition) is 3. The fraction of sp³-hybridized carbons (Fsp3) is 0.333. The van der Waals surface area contributed by atoms with Gasteiger partial charge in [-0.25, -0.2) is 4.98 Å². The van der Waals surface area contributed by atoms with Crippen molar-refractivity contribution in [2.24, 2.45) is 0 Å². The van der Waals surface area contributed by atoms with Crippen LogP contribution < -0.4 is 4.74 Å². The van der Waals surface area contributed by atoms with Gasteiger partial charge in [0.05, 0.1) is 0 Å². The lowest BCUT2D eigenvalue weighted by Crippen LogP contribution is -2.11. The van der Waals surface area contributed by atoms with Gasteiger partial charge in [-0.1, -0.05) is 32.9 Å². The predicted molar refractivity (Wildman–Crippen MR) is 83.6 cm³/mol. The summed E-state index contributed by atoms with van der Waals surface area (Å²) in [7, 11) is 0. The minimum absolute atomic E-state index is 0.0999. The Morgan fingerprint density at radius 3 is 2.38 bits per heavy atom. The molecule has 0 bridgehead atoms. The summed E-state index contributed by atoms with van der Waals surface area (Å²) >= 11 is 0. The zero-order valence-electron chi connectivity index (χ0n) is 13.2. The lowest BCUT2D eigenvalue weighted by Gasteiger charge is -2.20. The number of nitrogens with zero attached hydrogens (tertiary/aromatic N) is 2. The number of rotatable bonds is 2. The fourth-order valence-corrected chi connectivity index (χ4v) is 2.03. The van der Waals surface area contributed by atoms with Crippen LogP contribution in [0.15, 0.2) is 30.3 Å². The van der Waals surface area contributed by atoms with Crippen molar-refractivity contribution >= 4 is 0 Å². The van der Waals surface area contributed by atoms with E-state index in [-0.39, 0.29) is 5.41 Å². The van der Waals surface area contributed by atoms with Gasteiger partial charge in [0.25, 0.3) is 0 Å². The van der Waals surface area contributed by atoms with Crippen molar-refractivity contribution in [2.45, 2.75) is 40.0 Å². The van der Waals surface area contributed by atoms with Crippen LogP contribution >= 0.6 is 0 Å². The third-order valence-corrected chi connectivity index (χ3v) is 3.37. The number of benzene rings is 1. The Morgan fingerprint density at radius 1 is 1.10 bits per heavy atom. The maximum Gasteiger partial charge on any atom is 0.237 e. The molecule has 0 aliphatic rings. The first-order valence-electron chi connectivity index (χ1n) is 6.98. The second-order valence-electron chi connectivity index (χ2n) is 6.25. The molecule has 2 aromatic rings. The molecule has 0 radical (unpaired) electrons. The van der Waals surface area contributed by atoms with Crippen LogP contribution in [0.5, 0.6) is 11.6 Å². The number of nitriles is 1. The number of hydrogen-bond donors (Lipinski definition) is 0. The highest BCUT2D eigenvalue weighted by atomic mass is 16.5. The van der Waals surface area contributed by atoms with Gasteiger partial charge in [0.1, 0.15) is 17.4 Å². The zero-order valence-corrected chi connectivity index (χ0v) is 13.2. The van der Waals surface area contributed by atoms with Crippen LogP contribution in [0.3, 0.4) is 0 Å². The van der Waals surface area contributed by atoms with E-state index >= 15 is 0 Å². The van der Waals surface area contributed by atoms with Crippen LogP contribution in [0, 0.1) is 25.2 Å². The van der Waals surface area contributed by atoms with Gasteiger partial charge < -0.3 is 4.74 Å². The molecule has 2 rings (SSSR count). The summed E-state index contributed by atoms with van der Waals surface area (Å²) in [6.07, 6.45) is 0. The number of ether oxygens (including phenoxy) is 1. The standard InChI is InChI=1S/C18H20N2O/c1-12-10-15(18(3,4)5)8-9-16(12)21-17-14(11-19)7-6-13(2)20-17/h6-10H,1-5H3. The highest BCUT2D eigenvalue weighted by Crippen LogP contribution is 2.30. The van der Waals surface area contributed by atoms with E-state index in [4.69, 9.17) is 10.00 Å². The molecule has 0 unspecified atom stereocenters. The number of pyridine rings is 1. The van der Waals surface area contributed by atoms with Gasteiger partial charge in [-0.05, 0) is 48.6 Å². The van der Waals surface area contributed by atoms with Gasteiger partial charge in [0.2, 0.25) is 5.88 Å². The van der Waals surface area contributed by atoms with Crippen LogP contribution in [0.4, 0.5) is 0 Å². The minimum atomic E-state index is 0.0999. The molecule has 3 nitrogen and oxygen atoms in total. The van der Waals surface area contributed by atoms with Crippen molar-refractivity contribution in [3.63, 3.8) is 0 Å². The molecule has 0 amide bonds. The van der Waals surface area contributed by atoms with Crippen molar-refractivity contribution in [2.75, 3.05) is 0 Å². The third kappa shape index (κ3) is 3.41. The minimum Gasteiger partial charge on any atom is -0.437 e. The van der Waals surface area contributed by atoms with Crippen molar-refractivity contribution in [1.82, 2.24) is 4.98 Å². The molecule has 0 N–H and O–H groups in total. The molecule has 0 saturated heterocycles. The van der Waals surface area contributed by atoms with Gasteiger partial charge in [-0.2, -0.15) is 5.26 Å². The molecule has 0 saturated carbocycles. The molecule has 0 aliphatic heterocycles. The fourth-order valence-electron chi connectivity index (χ4n) is 2.03. The van der Waals surface area contributed by atoms with Crippen molar-refractivity contribution in [1.29, 1.82) is 5.26 Å². The first-order valence-corrected chi connectivity index (χ1v) is 6.98. The molecule has 1 heterocycles. The highest BCUT2D eigenvalue weighted by Gasteiger charge is 2.15. The van der Waals surface area contributed by atoms with E-state index in [9.17, 15) is 0 Å². The molecular formula is C18H20N2O. The summed E-state index contributed by atoms with van der Waals surface area (Å²) < 4.78 is 5.85. The summed E-state index contributed by atoms with van der Waals surface area (Å²) in [6.45, 7) is 10.4. The largest absolute Gasteiger partial charge is 0.437 e. The Morgan fingerprint density at radius 2 is 1.81 bits per heavy atom. The van der Waals surface area contributed by atoms with Crippen LogP contribution in [0.25, 0.3) is 0 Å². The Labute approximate surface area is 126 Å². The summed E-state index contributed by atoms with van der Waals surface area (Å²) in [5.41, 5.74) is 3.66. The first-order chi connectivity index (χ1) is 9.81. The van der Waals surface area contributed by atoms with Crippen molar-refractivity contribution < 1.29 is 4.74 Å². The van der Waals surface area contributed by atoms with Gasteiger partial charge in [-0.15, -0.1) is 0 Å². The highest BCUT2D eigenvalue weighted by molar-refractivity contribution is 5.45. The zero-order chi connectivity index (χ0) is 15.6. The molecule has 0 atom stereocenters. The maximum absolute atomic E-state index is 9.14. The summed E-state index contributed by atoms with van der Waals surface area (Å²) in [4.78, 5) is 4.31. The van der Waals surface area contributed by atoms with Crippen LogP contribution in [-0.2, 0) is 5.41 Å². The van der Waals surface area contributed by atoms with Gasteiger partial charge in [0, 0.05) is 5.69 Å². The summed E-state index contributed by atoms with van der Waals surface area (Å²) in [6, 6.07) is 11.8. The third-order valence-electron chi connectivity index (χ3n) is 3.37. The normalized spacial score (nSPS) is 11.0. The van der Waals surface area contributed by atoms with Gasteiger partial charge >= 0.3 is 0 Å².